The number of amides is 2. The van der Waals surface area contributed by atoms with E-state index in [0.29, 0.717) is 4.90 Å². The average molecular weight is 276 g/mol. The Morgan fingerprint density at radius 1 is 1.21 bits per heavy atom. The molecule has 0 aromatic heterocycles. The summed E-state index contributed by atoms with van der Waals surface area (Å²) in [6.45, 7) is -0.412. The van der Waals surface area contributed by atoms with Crippen LogP contribution in [-0.4, -0.2) is 18.4 Å². The van der Waals surface area contributed by atoms with Crippen LogP contribution in [0.4, 0.5) is 23.2 Å². The van der Waals surface area contributed by atoms with Crippen LogP contribution in [0.2, 0.25) is 0 Å². The maximum absolute atomic E-state index is 13.5. The molecule has 1 aromatic rings. The van der Waals surface area contributed by atoms with Crippen molar-refractivity contribution in [3.05, 3.63) is 29.3 Å². The largest absolute Gasteiger partial charge is 0.369 e. The molecule has 0 radical (unpaired) electrons. The second-order valence-corrected chi connectivity index (χ2v) is 4.12. The molecule has 4 nitrogen and oxygen atoms in total. The highest BCUT2D eigenvalue weighted by molar-refractivity contribution is 6.00. The third-order valence-electron chi connectivity index (χ3n) is 2.89. The van der Waals surface area contributed by atoms with Crippen LogP contribution in [0.3, 0.4) is 0 Å². The van der Waals surface area contributed by atoms with Crippen molar-refractivity contribution in [2.45, 2.75) is 6.42 Å². The average Bonchev–Trinajstić information content (AvgIpc) is 2.70. The van der Waals surface area contributed by atoms with E-state index in [1.807, 2.05) is 0 Å². The Morgan fingerprint density at radius 3 is 2.16 bits per heavy atom. The van der Waals surface area contributed by atoms with Gasteiger partial charge in [-0.3, -0.25) is 9.59 Å². The first kappa shape index (κ1) is 13.3. The van der Waals surface area contributed by atoms with Crippen molar-refractivity contribution in [2.75, 3.05) is 11.4 Å². The SMILES string of the molecule is NC(=O)C1CC(=O)N(c2c(F)c(F)cc(F)c2F)C1. The lowest BCUT2D eigenvalue weighted by Gasteiger charge is -2.18. The lowest BCUT2D eigenvalue weighted by molar-refractivity contribution is -0.123. The highest BCUT2D eigenvalue weighted by atomic mass is 19.2. The Bertz CT molecular complexity index is 550. The zero-order valence-corrected chi connectivity index (χ0v) is 9.42. The molecule has 1 atom stereocenters. The standard InChI is InChI=1S/C11H8F4N2O2/c12-5-2-6(13)9(15)10(8(5)14)17-3-4(11(16)19)1-7(17)18/h2,4H,1,3H2,(H2,16,19). The maximum atomic E-state index is 13.5. The van der Waals surface area contributed by atoms with E-state index in [-0.39, 0.29) is 12.5 Å². The predicted octanol–water partition coefficient (Wildman–Crippen LogP) is 1.08. The number of rotatable bonds is 2. The van der Waals surface area contributed by atoms with Gasteiger partial charge in [-0.1, -0.05) is 0 Å². The smallest absolute Gasteiger partial charge is 0.228 e. The van der Waals surface area contributed by atoms with E-state index in [9.17, 15) is 27.2 Å². The number of carbonyl (C=O) groups is 2. The molecule has 102 valence electrons. The first-order chi connectivity index (χ1) is 8.82. The first-order valence-corrected chi connectivity index (χ1v) is 5.25. The summed E-state index contributed by atoms with van der Waals surface area (Å²) in [4.78, 5) is 23.0. The molecule has 1 aliphatic rings. The number of hydrogen-bond acceptors (Lipinski definition) is 2. The normalized spacial score (nSPS) is 19.1. The van der Waals surface area contributed by atoms with Crippen LogP contribution in [0.15, 0.2) is 6.07 Å². The van der Waals surface area contributed by atoms with Gasteiger partial charge in [-0.2, -0.15) is 0 Å². The third-order valence-corrected chi connectivity index (χ3v) is 2.89. The highest BCUT2D eigenvalue weighted by Gasteiger charge is 2.38. The van der Waals surface area contributed by atoms with Gasteiger partial charge in [0.05, 0.1) is 5.92 Å². The van der Waals surface area contributed by atoms with E-state index in [1.54, 1.807) is 0 Å². The van der Waals surface area contributed by atoms with Crippen molar-refractivity contribution in [1.29, 1.82) is 0 Å². The number of nitrogens with zero attached hydrogens (tertiary/aromatic N) is 1. The molecule has 0 bridgehead atoms. The molecule has 2 N–H and O–H groups in total. The van der Waals surface area contributed by atoms with Crippen molar-refractivity contribution in [1.82, 2.24) is 0 Å². The van der Waals surface area contributed by atoms with Crippen LogP contribution in [0.1, 0.15) is 6.42 Å². The fraction of sp³-hybridized carbons (Fsp3) is 0.273. The van der Waals surface area contributed by atoms with E-state index in [4.69, 9.17) is 5.73 Å². The Labute approximate surface area is 104 Å². The fourth-order valence-corrected chi connectivity index (χ4v) is 1.91. The van der Waals surface area contributed by atoms with Gasteiger partial charge in [0.15, 0.2) is 23.3 Å². The second-order valence-electron chi connectivity index (χ2n) is 4.12. The topological polar surface area (TPSA) is 63.4 Å². The molecule has 0 spiro atoms. The van der Waals surface area contributed by atoms with Gasteiger partial charge in [0.25, 0.3) is 0 Å². The van der Waals surface area contributed by atoms with Crippen LogP contribution < -0.4 is 10.6 Å². The lowest BCUT2D eigenvalue weighted by Crippen LogP contribution is -2.30. The maximum Gasteiger partial charge on any atom is 0.228 e. The molecule has 0 saturated carbocycles. The van der Waals surface area contributed by atoms with E-state index in [1.165, 1.54) is 0 Å². The Morgan fingerprint density at radius 2 is 1.74 bits per heavy atom. The molecule has 1 heterocycles. The summed E-state index contributed by atoms with van der Waals surface area (Å²) in [5.74, 6) is -9.21. The van der Waals surface area contributed by atoms with Crippen molar-refractivity contribution in [3.63, 3.8) is 0 Å². The van der Waals surface area contributed by atoms with E-state index in [0.717, 1.165) is 0 Å². The molecule has 1 saturated heterocycles. The van der Waals surface area contributed by atoms with Gasteiger partial charge >= 0.3 is 0 Å². The Balaban J connectivity index is 2.48. The summed E-state index contributed by atoms with van der Waals surface area (Å²) in [6, 6.07) is 0.0419. The van der Waals surface area contributed by atoms with Crippen molar-refractivity contribution in [2.24, 2.45) is 11.7 Å². The molecular weight excluding hydrogens is 268 g/mol. The zero-order chi connectivity index (χ0) is 14.3. The lowest BCUT2D eigenvalue weighted by atomic mass is 10.1. The number of anilines is 1. The molecule has 1 fully saturated rings. The van der Waals surface area contributed by atoms with Gasteiger partial charge < -0.3 is 10.6 Å². The minimum atomic E-state index is -1.68. The number of benzene rings is 1. The summed E-state index contributed by atoms with van der Waals surface area (Å²) < 4.78 is 53.1. The summed E-state index contributed by atoms with van der Waals surface area (Å²) in [5, 5.41) is 0. The second kappa shape index (κ2) is 4.52. The minimum absolute atomic E-state index is 0.0419. The van der Waals surface area contributed by atoms with Crippen molar-refractivity contribution >= 4 is 17.5 Å². The number of carbonyl (C=O) groups excluding carboxylic acids is 2. The van der Waals surface area contributed by atoms with Crippen LogP contribution in [-0.2, 0) is 9.59 Å². The van der Waals surface area contributed by atoms with E-state index >= 15 is 0 Å². The van der Waals surface area contributed by atoms with Gasteiger partial charge in [-0.25, -0.2) is 17.6 Å². The van der Waals surface area contributed by atoms with Gasteiger partial charge in [-0.15, -0.1) is 0 Å². The summed E-state index contributed by atoms with van der Waals surface area (Å²) >= 11 is 0. The molecule has 1 aromatic carbocycles. The minimum Gasteiger partial charge on any atom is -0.369 e. The van der Waals surface area contributed by atoms with Crippen LogP contribution >= 0.6 is 0 Å². The zero-order valence-electron chi connectivity index (χ0n) is 9.42. The van der Waals surface area contributed by atoms with Crippen molar-refractivity contribution < 1.29 is 27.2 Å². The Hall–Kier alpha value is -2.12. The molecule has 1 unspecified atom stereocenters. The number of primary amides is 1. The summed E-state index contributed by atoms with van der Waals surface area (Å²) in [5.41, 5.74) is 3.85. The molecule has 19 heavy (non-hydrogen) atoms. The van der Waals surface area contributed by atoms with Gasteiger partial charge in [0.1, 0.15) is 5.69 Å². The van der Waals surface area contributed by atoms with Crippen molar-refractivity contribution in [3.8, 4) is 0 Å². The highest BCUT2D eigenvalue weighted by Crippen LogP contribution is 2.32. The van der Waals surface area contributed by atoms with Gasteiger partial charge in [-0.05, 0) is 0 Å². The summed E-state index contributed by atoms with van der Waals surface area (Å²) in [7, 11) is 0. The number of halogens is 4. The Kier molecular flexibility index (Phi) is 3.17. The first-order valence-electron chi connectivity index (χ1n) is 5.25. The van der Waals surface area contributed by atoms with E-state index < -0.39 is 53.2 Å². The number of nitrogens with two attached hydrogens (primary N) is 1. The monoisotopic (exact) mass is 276 g/mol. The molecule has 1 aliphatic heterocycles. The van der Waals surface area contributed by atoms with Crippen LogP contribution in [0.25, 0.3) is 0 Å². The molecule has 0 aliphatic carbocycles. The predicted molar refractivity (Wildman–Crippen MR) is 55.9 cm³/mol. The molecule has 2 amide bonds. The quantitative estimate of drug-likeness (QED) is 0.649. The third kappa shape index (κ3) is 2.13. The number of hydrogen-bond donors (Lipinski definition) is 1. The molecular formula is C11H8F4N2O2. The van der Waals surface area contributed by atoms with Gasteiger partial charge in [0, 0.05) is 19.0 Å². The van der Waals surface area contributed by atoms with Crippen LogP contribution in [0, 0.1) is 29.2 Å². The fourth-order valence-electron chi connectivity index (χ4n) is 1.91. The van der Waals surface area contributed by atoms with Gasteiger partial charge in [0.2, 0.25) is 11.8 Å². The van der Waals surface area contributed by atoms with Crippen LogP contribution in [0.5, 0.6) is 0 Å². The van der Waals surface area contributed by atoms with E-state index in [2.05, 4.69) is 0 Å². The molecule has 8 heteroatoms. The molecule has 2 rings (SSSR count). The summed E-state index contributed by atoms with van der Waals surface area (Å²) in [6.07, 6.45) is -0.355.